The summed E-state index contributed by atoms with van der Waals surface area (Å²) in [6.45, 7) is 5.78. The summed E-state index contributed by atoms with van der Waals surface area (Å²) in [6, 6.07) is 11.5. The summed E-state index contributed by atoms with van der Waals surface area (Å²) in [5, 5.41) is 3.93. The SMILES string of the molecule is CC(C)(C)NC(=O)Cn1c2ccc(F)cc2c2ncn(Cc3ccccc3Cl)c(=O)c21. The molecule has 2 aromatic carbocycles. The van der Waals surface area contributed by atoms with Crippen molar-refractivity contribution in [3.05, 3.63) is 75.5 Å². The molecule has 0 aliphatic rings. The van der Waals surface area contributed by atoms with Crippen LogP contribution in [0.4, 0.5) is 4.39 Å². The Morgan fingerprint density at radius 2 is 1.94 bits per heavy atom. The second-order valence-electron chi connectivity index (χ2n) is 8.51. The van der Waals surface area contributed by atoms with E-state index >= 15 is 0 Å². The molecular weight excluding hydrogens is 419 g/mol. The average molecular weight is 441 g/mol. The Balaban J connectivity index is 1.90. The van der Waals surface area contributed by atoms with E-state index in [4.69, 9.17) is 11.6 Å². The number of carbonyl (C=O) groups excluding carboxylic acids is 1. The van der Waals surface area contributed by atoms with E-state index in [2.05, 4.69) is 10.3 Å². The first-order chi connectivity index (χ1) is 14.6. The first-order valence-electron chi connectivity index (χ1n) is 9.85. The molecule has 6 nitrogen and oxygen atoms in total. The highest BCUT2D eigenvalue weighted by Crippen LogP contribution is 2.26. The summed E-state index contributed by atoms with van der Waals surface area (Å²) in [5.41, 5.74) is 1.19. The summed E-state index contributed by atoms with van der Waals surface area (Å²) >= 11 is 6.25. The molecule has 0 radical (unpaired) electrons. The fourth-order valence-corrected chi connectivity index (χ4v) is 3.86. The van der Waals surface area contributed by atoms with Crippen LogP contribution in [0.3, 0.4) is 0 Å². The van der Waals surface area contributed by atoms with Crippen molar-refractivity contribution >= 4 is 39.4 Å². The molecule has 4 aromatic rings. The van der Waals surface area contributed by atoms with Crippen LogP contribution in [-0.4, -0.2) is 25.6 Å². The summed E-state index contributed by atoms with van der Waals surface area (Å²) in [6.07, 6.45) is 1.43. The molecule has 0 unspecified atom stereocenters. The zero-order valence-electron chi connectivity index (χ0n) is 17.4. The van der Waals surface area contributed by atoms with Crippen LogP contribution in [0.5, 0.6) is 0 Å². The number of hydrogen-bond donors (Lipinski definition) is 1. The van der Waals surface area contributed by atoms with Gasteiger partial charge in [0.2, 0.25) is 5.91 Å². The molecule has 2 aromatic heterocycles. The van der Waals surface area contributed by atoms with E-state index in [0.29, 0.717) is 21.4 Å². The van der Waals surface area contributed by atoms with Crippen LogP contribution >= 0.6 is 11.6 Å². The summed E-state index contributed by atoms with van der Waals surface area (Å²) < 4.78 is 17.0. The van der Waals surface area contributed by atoms with Gasteiger partial charge in [0, 0.05) is 15.9 Å². The highest BCUT2D eigenvalue weighted by atomic mass is 35.5. The third-order valence-electron chi connectivity index (χ3n) is 4.90. The number of aromatic nitrogens is 3. The van der Waals surface area contributed by atoms with Crippen molar-refractivity contribution < 1.29 is 9.18 Å². The lowest BCUT2D eigenvalue weighted by Crippen LogP contribution is -2.42. The van der Waals surface area contributed by atoms with Crippen LogP contribution in [0, 0.1) is 5.82 Å². The zero-order valence-corrected chi connectivity index (χ0v) is 18.2. The minimum Gasteiger partial charge on any atom is -0.350 e. The normalized spacial score (nSPS) is 11.9. The highest BCUT2D eigenvalue weighted by molar-refractivity contribution is 6.31. The molecule has 31 heavy (non-hydrogen) atoms. The van der Waals surface area contributed by atoms with Gasteiger partial charge in [0.25, 0.3) is 5.56 Å². The molecular formula is C23H22ClFN4O2. The molecule has 0 spiro atoms. The Hall–Kier alpha value is -3.19. The van der Waals surface area contributed by atoms with Gasteiger partial charge in [0.15, 0.2) is 0 Å². The Kier molecular flexibility index (Phi) is 5.31. The Bertz CT molecular complexity index is 1370. The van der Waals surface area contributed by atoms with Gasteiger partial charge in [-0.3, -0.25) is 14.2 Å². The Morgan fingerprint density at radius 1 is 1.19 bits per heavy atom. The van der Waals surface area contributed by atoms with Gasteiger partial charge in [-0.1, -0.05) is 29.8 Å². The van der Waals surface area contributed by atoms with E-state index in [0.717, 1.165) is 5.56 Å². The monoisotopic (exact) mass is 440 g/mol. The molecule has 4 rings (SSSR count). The lowest BCUT2D eigenvalue weighted by molar-refractivity contribution is -0.122. The molecule has 0 saturated heterocycles. The van der Waals surface area contributed by atoms with Crippen LogP contribution in [0.2, 0.25) is 5.02 Å². The fraction of sp³-hybridized carbons (Fsp3) is 0.261. The second-order valence-corrected chi connectivity index (χ2v) is 8.92. The minimum absolute atomic E-state index is 0.0874. The van der Waals surface area contributed by atoms with Gasteiger partial charge < -0.3 is 9.88 Å². The Labute approximate surface area is 183 Å². The topological polar surface area (TPSA) is 68.9 Å². The van der Waals surface area contributed by atoms with Gasteiger partial charge in [0.05, 0.1) is 18.4 Å². The maximum Gasteiger partial charge on any atom is 0.278 e. The van der Waals surface area contributed by atoms with Crippen LogP contribution in [-0.2, 0) is 17.9 Å². The van der Waals surface area contributed by atoms with Crippen molar-refractivity contribution in [2.45, 2.75) is 39.4 Å². The first kappa shape index (κ1) is 21.1. The summed E-state index contributed by atoms with van der Waals surface area (Å²) in [7, 11) is 0. The van der Waals surface area contributed by atoms with Crippen molar-refractivity contribution in [1.29, 1.82) is 0 Å². The lowest BCUT2D eigenvalue weighted by Gasteiger charge is -2.21. The molecule has 0 atom stereocenters. The maximum atomic E-state index is 14.0. The third kappa shape index (κ3) is 4.18. The number of nitrogens with one attached hydrogen (secondary N) is 1. The molecule has 1 N–H and O–H groups in total. The van der Waals surface area contributed by atoms with Gasteiger partial charge >= 0.3 is 0 Å². The van der Waals surface area contributed by atoms with Crippen LogP contribution < -0.4 is 10.9 Å². The van der Waals surface area contributed by atoms with Gasteiger partial charge in [-0.05, 0) is 50.6 Å². The number of benzene rings is 2. The van der Waals surface area contributed by atoms with Crippen LogP contribution in [0.15, 0.2) is 53.6 Å². The van der Waals surface area contributed by atoms with Crippen molar-refractivity contribution in [2.75, 3.05) is 0 Å². The number of fused-ring (bicyclic) bond motifs is 3. The number of rotatable bonds is 4. The summed E-state index contributed by atoms with van der Waals surface area (Å²) in [4.78, 5) is 30.5. The molecule has 2 heterocycles. The van der Waals surface area contributed by atoms with E-state index in [9.17, 15) is 14.0 Å². The molecule has 0 aliphatic carbocycles. The van der Waals surface area contributed by atoms with E-state index in [1.807, 2.05) is 39.0 Å². The number of halogens is 2. The van der Waals surface area contributed by atoms with Crippen LogP contribution in [0.25, 0.3) is 21.9 Å². The minimum atomic E-state index is -0.437. The molecule has 8 heteroatoms. The van der Waals surface area contributed by atoms with Crippen molar-refractivity contribution in [3.8, 4) is 0 Å². The first-order valence-corrected chi connectivity index (χ1v) is 10.2. The smallest absolute Gasteiger partial charge is 0.278 e. The number of amides is 1. The van der Waals surface area contributed by atoms with E-state index < -0.39 is 11.4 Å². The van der Waals surface area contributed by atoms with Gasteiger partial charge in [-0.15, -0.1) is 0 Å². The largest absolute Gasteiger partial charge is 0.350 e. The average Bonchev–Trinajstić information content (AvgIpc) is 2.97. The number of nitrogens with zero attached hydrogens (tertiary/aromatic N) is 3. The molecule has 0 fully saturated rings. The number of hydrogen-bond acceptors (Lipinski definition) is 3. The molecule has 0 saturated carbocycles. The third-order valence-corrected chi connectivity index (χ3v) is 5.27. The predicted octanol–water partition coefficient (Wildman–Crippen LogP) is 4.11. The van der Waals surface area contributed by atoms with Crippen molar-refractivity contribution in [2.24, 2.45) is 0 Å². The second kappa shape index (κ2) is 7.81. The van der Waals surface area contributed by atoms with Crippen LogP contribution in [0.1, 0.15) is 26.3 Å². The Morgan fingerprint density at radius 3 is 2.65 bits per heavy atom. The van der Waals surface area contributed by atoms with Gasteiger partial charge in [0.1, 0.15) is 23.4 Å². The molecule has 0 aliphatic heterocycles. The summed E-state index contributed by atoms with van der Waals surface area (Å²) in [5.74, 6) is -0.690. The van der Waals surface area contributed by atoms with E-state index in [-0.39, 0.29) is 30.1 Å². The zero-order chi connectivity index (χ0) is 22.3. The molecule has 0 bridgehead atoms. The fourth-order valence-electron chi connectivity index (χ4n) is 3.66. The number of carbonyl (C=O) groups is 1. The predicted molar refractivity (Wildman–Crippen MR) is 120 cm³/mol. The maximum absolute atomic E-state index is 14.0. The van der Waals surface area contributed by atoms with E-state index in [1.165, 1.54) is 23.0 Å². The quantitative estimate of drug-likeness (QED) is 0.519. The molecule has 160 valence electrons. The van der Waals surface area contributed by atoms with Gasteiger partial charge in [-0.25, -0.2) is 9.37 Å². The van der Waals surface area contributed by atoms with Crippen molar-refractivity contribution in [1.82, 2.24) is 19.4 Å². The lowest BCUT2D eigenvalue weighted by atomic mass is 10.1. The van der Waals surface area contributed by atoms with E-state index in [1.54, 1.807) is 16.7 Å². The molecule has 1 amide bonds. The standard InChI is InChI=1S/C23H22ClFN4O2/c1-23(2,3)27-19(30)12-29-18-9-8-15(25)10-16(18)20-21(29)22(31)28(13-26-20)11-14-6-4-5-7-17(14)24/h4-10,13H,11-12H2,1-3H3,(H,27,30). The highest BCUT2D eigenvalue weighted by Gasteiger charge is 2.21. The van der Waals surface area contributed by atoms with Crippen molar-refractivity contribution in [3.63, 3.8) is 0 Å². The van der Waals surface area contributed by atoms with Gasteiger partial charge in [-0.2, -0.15) is 0 Å².